The highest BCUT2D eigenvalue weighted by Gasteiger charge is 2.17. The van der Waals surface area contributed by atoms with Crippen LogP contribution >= 0.6 is 11.3 Å². The van der Waals surface area contributed by atoms with Crippen LogP contribution in [0.1, 0.15) is 43.7 Å². The van der Waals surface area contributed by atoms with Gasteiger partial charge in [-0.3, -0.25) is 4.79 Å². The number of rotatable bonds is 6. The molecule has 1 aliphatic carbocycles. The van der Waals surface area contributed by atoms with Gasteiger partial charge in [0.1, 0.15) is 0 Å². The van der Waals surface area contributed by atoms with Crippen molar-refractivity contribution in [3.8, 4) is 0 Å². The van der Waals surface area contributed by atoms with Crippen molar-refractivity contribution in [2.45, 2.75) is 52.0 Å². The molecule has 0 unspecified atom stereocenters. The van der Waals surface area contributed by atoms with Crippen LogP contribution in [0.5, 0.6) is 0 Å². The maximum atomic E-state index is 11.7. The molecule has 5 heteroatoms. The first-order chi connectivity index (χ1) is 8.65. The van der Waals surface area contributed by atoms with E-state index in [1.165, 1.54) is 17.0 Å². The number of nitrogens with one attached hydrogen (secondary N) is 2. The standard InChI is InChI=1S/C13H21N3OS/c1-9(2)14-8-4-7-12(17)16-13-15-10-5-3-6-11(10)18-13/h9,14H,3-8H2,1-2H3,(H,15,16,17). The zero-order chi connectivity index (χ0) is 13.0. The van der Waals surface area contributed by atoms with Gasteiger partial charge in [0.15, 0.2) is 5.13 Å². The van der Waals surface area contributed by atoms with Crippen LogP contribution in [-0.2, 0) is 17.6 Å². The molecule has 1 amide bonds. The van der Waals surface area contributed by atoms with Gasteiger partial charge in [-0.15, -0.1) is 11.3 Å². The summed E-state index contributed by atoms with van der Waals surface area (Å²) in [4.78, 5) is 17.5. The van der Waals surface area contributed by atoms with Gasteiger partial charge in [-0.2, -0.15) is 0 Å². The number of carbonyl (C=O) groups is 1. The fourth-order valence-corrected chi connectivity index (χ4v) is 3.13. The minimum Gasteiger partial charge on any atom is -0.315 e. The molecule has 0 saturated heterocycles. The summed E-state index contributed by atoms with van der Waals surface area (Å²) >= 11 is 1.64. The van der Waals surface area contributed by atoms with Crippen molar-refractivity contribution in [1.82, 2.24) is 10.3 Å². The lowest BCUT2D eigenvalue weighted by Crippen LogP contribution is -2.24. The zero-order valence-electron chi connectivity index (χ0n) is 11.1. The maximum Gasteiger partial charge on any atom is 0.226 e. The number of thiazole rings is 1. The topological polar surface area (TPSA) is 54.0 Å². The lowest BCUT2D eigenvalue weighted by molar-refractivity contribution is -0.116. The van der Waals surface area contributed by atoms with E-state index < -0.39 is 0 Å². The van der Waals surface area contributed by atoms with Crippen LogP contribution in [0, 0.1) is 0 Å². The number of nitrogens with zero attached hydrogens (tertiary/aromatic N) is 1. The summed E-state index contributed by atoms with van der Waals surface area (Å²) in [6.45, 7) is 5.10. The molecule has 0 radical (unpaired) electrons. The summed E-state index contributed by atoms with van der Waals surface area (Å²) < 4.78 is 0. The van der Waals surface area contributed by atoms with E-state index in [0.29, 0.717) is 12.5 Å². The third kappa shape index (κ3) is 3.78. The Balaban J connectivity index is 1.70. The van der Waals surface area contributed by atoms with Crippen LogP contribution in [0.25, 0.3) is 0 Å². The first-order valence-corrected chi connectivity index (χ1v) is 7.48. The van der Waals surface area contributed by atoms with E-state index in [1.807, 2.05) is 0 Å². The Labute approximate surface area is 112 Å². The van der Waals surface area contributed by atoms with Crippen molar-refractivity contribution in [3.63, 3.8) is 0 Å². The van der Waals surface area contributed by atoms with E-state index in [-0.39, 0.29) is 5.91 Å². The van der Waals surface area contributed by atoms with Gasteiger partial charge in [0.25, 0.3) is 0 Å². The van der Waals surface area contributed by atoms with Crippen LogP contribution in [-0.4, -0.2) is 23.5 Å². The van der Waals surface area contributed by atoms with Crippen LogP contribution < -0.4 is 10.6 Å². The predicted octanol–water partition coefficient (Wildman–Crippen LogP) is 2.35. The predicted molar refractivity (Wildman–Crippen MR) is 75.1 cm³/mol. The molecule has 100 valence electrons. The average molecular weight is 267 g/mol. The highest BCUT2D eigenvalue weighted by atomic mass is 32.1. The molecular formula is C13H21N3OS. The number of aryl methyl sites for hydroxylation is 2. The second-order valence-corrected chi connectivity index (χ2v) is 6.09. The first-order valence-electron chi connectivity index (χ1n) is 6.67. The third-order valence-electron chi connectivity index (χ3n) is 2.98. The number of hydrogen-bond acceptors (Lipinski definition) is 4. The first kappa shape index (κ1) is 13.5. The van der Waals surface area contributed by atoms with Crippen molar-refractivity contribution in [3.05, 3.63) is 10.6 Å². The number of anilines is 1. The molecule has 1 heterocycles. The largest absolute Gasteiger partial charge is 0.315 e. The van der Waals surface area contributed by atoms with Gasteiger partial charge in [0.05, 0.1) is 5.69 Å². The smallest absolute Gasteiger partial charge is 0.226 e. The molecular weight excluding hydrogens is 246 g/mol. The number of hydrogen-bond donors (Lipinski definition) is 2. The molecule has 2 N–H and O–H groups in total. The van der Waals surface area contributed by atoms with Crippen LogP contribution in [0.3, 0.4) is 0 Å². The van der Waals surface area contributed by atoms with E-state index in [9.17, 15) is 4.79 Å². The van der Waals surface area contributed by atoms with Crippen molar-refractivity contribution >= 4 is 22.4 Å². The summed E-state index contributed by atoms with van der Waals surface area (Å²) in [6, 6.07) is 0.481. The van der Waals surface area contributed by atoms with Gasteiger partial charge < -0.3 is 10.6 Å². The SMILES string of the molecule is CC(C)NCCCC(=O)Nc1nc2c(s1)CCC2. The molecule has 0 fully saturated rings. The Morgan fingerprint density at radius 3 is 3.00 bits per heavy atom. The number of fused-ring (bicyclic) bond motifs is 1. The van der Waals surface area contributed by atoms with Crippen LogP contribution in [0.15, 0.2) is 0 Å². The minimum absolute atomic E-state index is 0.0768. The summed E-state index contributed by atoms with van der Waals surface area (Å²) in [5.41, 5.74) is 1.19. The fourth-order valence-electron chi connectivity index (χ4n) is 2.07. The van der Waals surface area contributed by atoms with Gasteiger partial charge in [-0.25, -0.2) is 4.98 Å². The van der Waals surface area contributed by atoms with E-state index in [1.54, 1.807) is 11.3 Å². The van der Waals surface area contributed by atoms with Crippen LogP contribution in [0.2, 0.25) is 0 Å². The van der Waals surface area contributed by atoms with Gasteiger partial charge in [-0.1, -0.05) is 13.8 Å². The normalized spacial score (nSPS) is 13.9. The lowest BCUT2D eigenvalue weighted by atomic mass is 10.3. The second-order valence-electron chi connectivity index (χ2n) is 5.00. The Hall–Kier alpha value is -0.940. The van der Waals surface area contributed by atoms with E-state index >= 15 is 0 Å². The number of amides is 1. The molecule has 0 aliphatic heterocycles. The minimum atomic E-state index is 0.0768. The zero-order valence-corrected chi connectivity index (χ0v) is 11.9. The Kier molecular flexibility index (Phi) is 4.72. The molecule has 1 aromatic heterocycles. The summed E-state index contributed by atoms with van der Waals surface area (Å²) in [5.74, 6) is 0.0768. The number of aromatic nitrogens is 1. The lowest BCUT2D eigenvalue weighted by Gasteiger charge is -2.07. The Bertz CT molecular complexity index is 393. The molecule has 2 rings (SSSR count). The van der Waals surface area contributed by atoms with Crippen molar-refractivity contribution in [2.24, 2.45) is 0 Å². The quantitative estimate of drug-likeness (QED) is 0.778. The average Bonchev–Trinajstić information content (AvgIpc) is 2.84. The molecule has 0 saturated carbocycles. The molecule has 0 atom stereocenters. The summed E-state index contributed by atoms with van der Waals surface area (Å²) in [5, 5.41) is 6.98. The van der Waals surface area contributed by atoms with Crippen molar-refractivity contribution < 1.29 is 4.79 Å². The summed E-state index contributed by atoms with van der Waals surface area (Å²) in [6.07, 6.45) is 4.84. The van der Waals surface area contributed by atoms with Gasteiger partial charge in [0, 0.05) is 17.3 Å². The number of carbonyl (C=O) groups excluding carboxylic acids is 1. The molecule has 0 bridgehead atoms. The molecule has 4 nitrogen and oxygen atoms in total. The summed E-state index contributed by atoms with van der Waals surface area (Å²) in [7, 11) is 0. The molecule has 18 heavy (non-hydrogen) atoms. The van der Waals surface area contributed by atoms with Crippen molar-refractivity contribution in [2.75, 3.05) is 11.9 Å². The van der Waals surface area contributed by atoms with Gasteiger partial charge in [-0.05, 0) is 32.2 Å². The second kappa shape index (κ2) is 6.29. The Morgan fingerprint density at radius 1 is 1.44 bits per heavy atom. The van der Waals surface area contributed by atoms with E-state index in [4.69, 9.17) is 0 Å². The highest BCUT2D eigenvalue weighted by Crippen LogP contribution is 2.30. The van der Waals surface area contributed by atoms with Crippen molar-refractivity contribution in [1.29, 1.82) is 0 Å². The van der Waals surface area contributed by atoms with Gasteiger partial charge >= 0.3 is 0 Å². The Morgan fingerprint density at radius 2 is 2.28 bits per heavy atom. The molecule has 1 aromatic rings. The fraction of sp³-hybridized carbons (Fsp3) is 0.692. The maximum absolute atomic E-state index is 11.7. The molecule has 0 spiro atoms. The molecule has 0 aromatic carbocycles. The molecule has 1 aliphatic rings. The van der Waals surface area contributed by atoms with Gasteiger partial charge in [0.2, 0.25) is 5.91 Å². The van der Waals surface area contributed by atoms with E-state index in [0.717, 1.165) is 30.9 Å². The van der Waals surface area contributed by atoms with Crippen LogP contribution in [0.4, 0.5) is 5.13 Å². The van der Waals surface area contributed by atoms with E-state index in [2.05, 4.69) is 29.5 Å². The highest BCUT2D eigenvalue weighted by molar-refractivity contribution is 7.15. The third-order valence-corrected chi connectivity index (χ3v) is 4.05. The monoisotopic (exact) mass is 267 g/mol.